The molecule has 0 aromatic heterocycles. The Bertz CT molecular complexity index is 1600. The van der Waals surface area contributed by atoms with Crippen LogP contribution in [0.3, 0.4) is 0 Å². The lowest BCUT2D eigenvalue weighted by atomic mass is 9.82. The molecule has 0 spiro atoms. The van der Waals surface area contributed by atoms with E-state index in [4.69, 9.17) is 24.3 Å². The van der Waals surface area contributed by atoms with E-state index in [1.54, 1.807) is 37.4 Å². The Balaban J connectivity index is 1.51. The fourth-order valence-electron chi connectivity index (χ4n) is 4.98. The molecule has 8 nitrogen and oxygen atoms in total. The maximum atomic E-state index is 14.2. The minimum atomic E-state index is -1.47. The second-order valence-corrected chi connectivity index (χ2v) is 10.3. The van der Waals surface area contributed by atoms with Gasteiger partial charge in [-0.1, -0.05) is 48.5 Å². The van der Waals surface area contributed by atoms with Crippen LogP contribution in [0.1, 0.15) is 34.8 Å². The monoisotopic (exact) mass is 601 g/mol. The second kappa shape index (κ2) is 14.1. The van der Waals surface area contributed by atoms with Gasteiger partial charge in [0.05, 0.1) is 13.7 Å². The van der Waals surface area contributed by atoms with Crippen molar-refractivity contribution < 1.29 is 32.9 Å². The highest BCUT2D eigenvalue weighted by atomic mass is 19.2. The van der Waals surface area contributed by atoms with Gasteiger partial charge >= 0.3 is 0 Å². The van der Waals surface area contributed by atoms with Crippen LogP contribution in [-0.2, 0) is 22.5 Å². The summed E-state index contributed by atoms with van der Waals surface area (Å²) in [6.07, 6.45) is -0.139. The first-order valence-corrected chi connectivity index (χ1v) is 14.2. The van der Waals surface area contributed by atoms with Gasteiger partial charge in [-0.05, 0) is 65.2 Å². The molecular formula is C34H33F2N3O5. The van der Waals surface area contributed by atoms with Crippen molar-refractivity contribution in [3.05, 3.63) is 131 Å². The third kappa shape index (κ3) is 7.04. The van der Waals surface area contributed by atoms with Gasteiger partial charge in [0.1, 0.15) is 11.5 Å². The second-order valence-electron chi connectivity index (χ2n) is 10.3. The summed E-state index contributed by atoms with van der Waals surface area (Å²) in [7, 11) is 1.56. The van der Waals surface area contributed by atoms with Crippen molar-refractivity contribution in [1.82, 2.24) is 10.9 Å². The fourth-order valence-corrected chi connectivity index (χ4v) is 4.98. The van der Waals surface area contributed by atoms with Crippen LogP contribution in [0.5, 0.6) is 11.5 Å². The zero-order valence-electron chi connectivity index (χ0n) is 24.1. The zero-order valence-corrected chi connectivity index (χ0v) is 24.1. The van der Waals surface area contributed by atoms with Crippen molar-refractivity contribution in [3.8, 4) is 11.5 Å². The molecule has 0 saturated carbocycles. The molecule has 5 rings (SSSR count). The highest BCUT2D eigenvalue weighted by Crippen LogP contribution is 2.43. The van der Waals surface area contributed by atoms with Crippen molar-refractivity contribution in [3.63, 3.8) is 0 Å². The van der Waals surface area contributed by atoms with Crippen LogP contribution in [0.15, 0.2) is 102 Å². The normalized spacial score (nSPS) is 17.5. The van der Waals surface area contributed by atoms with Crippen molar-refractivity contribution in [2.75, 3.05) is 20.3 Å². The number of carbonyl (C=O) groups excluding carboxylic acids is 1. The molecule has 1 amide bonds. The average molecular weight is 602 g/mol. The lowest BCUT2D eigenvalue weighted by molar-refractivity contribution is -0.130. The van der Waals surface area contributed by atoms with Gasteiger partial charge in [0.25, 0.3) is 5.91 Å². The van der Waals surface area contributed by atoms with E-state index in [1.165, 1.54) is 6.07 Å². The average Bonchev–Trinajstić information content (AvgIpc) is 3.44. The number of rotatable bonds is 13. The highest BCUT2D eigenvalue weighted by Gasteiger charge is 2.53. The summed E-state index contributed by atoms with van der Waals surface area (Å²) in [6, 6.07) is 27.5. The van der Waals surface area contributed by atoms with E-state index in [9.17, 15) is 13.6 Å². The molecule has 2 atom stereocenters. The molecule has 1 aliphatic rings. The van der Waals surface area contributed by atoms with E-state index in [0.717, 1.165) is 17.7 Å². The minimum absolute atomic E-state index is 0.0373. The molecular weight excluding hydrogens is 568 g/mol. The summed E-state index contributed by atoms with van der Waals surface area (Å²) >= 11 is 0. The SMILES string of the molecule is COc1cccc([C@@H]2OC(c3ccc(OCCCO)cc3)=N[C@]2(Cc2ccccc2)C(=O)NNCc2ccc(F)c(F)c2)c1. The number of methoxy groups -OCH3 is 1. The molecule has 1 heterocycles. The number of nitrogens with zero attached hydrogens (tertiary/aromatic N) is 1. The Morgan fingerprint density at radius 3 is 2.45 bits per heavy atom. The summed E-state index contributed by atoms with van der Waals surface area (Å²) in [5, 5.41) is 9.03. The quantitative estimate of drug-likeness (QED) is 0.146. The molecule has 0 aliphatic carbocycles. The Hall–Kier alpha value is -4.80. The van der Waals surface area contributed by atoms with Crippen LogP contribution in [0, 0.1) is 11.6 Å². The number of aliphatic imine (C=N–C) groups is 1. The molecule has 0 bridgehead atoms. The number of carbonyl (C=O) groups is 1. The fraction of sp³-hybridized carbons (Fsp3) is 0.235. The Morgan fingerprint density at radius 1 is 0.932 bits per heavy atom. The lowest BCUT2D eigenvalue weighted by Crippen LogP contribution is -2.53. The molecule has 0 saturated heterocycles. The van der Waals surface area contributed by atoms with Crippen LogP contribution in [-0.4, -0.2) is 42.8 Å². The number of aliphatic hydroxyl groups is 1. The topological polar surface area (TPSA) is 101 Å². The van der Waals surface area contributed by atoms with Crippen molar-refractivity contribution in [2.45, 2.75) is 31.0 Å². The first kappa shape index (κ1) is 30.7. The largest absolute Gasteiger partial charge is 0.497 e. The van der Waals surface area contributed by atoms with Crippen LogP contribution >= 0.6 is 0 Å². The van der Waals surface area contributed by atoms with Gasteiger partial charge in [-0.3, -0.25) is 10.2 Å². The van der Waals surface area contributed by atoms with Crippen LogP contribution in [0.4, 0.5) is 8.78 Å². The van der Waals surface area contributed by atoms with Gasteiger partial charge < -0.3 is 19.3 Å². The maximum Gasteiger partial charge on any atom is 0.266 e. The molecule has 10 heteroatoms. The standard InChI is InChI=1S/C34H33F2N3O5/c1-42-28-10-5-9-26(20-28)31-34(21-23-7-3-2-4-8-23,33(41)39-37-22-24-11-16-29(35)30(36)19-24)38-32(44-31)25-12-14-27(15-13-25)43-18-6-17-40/h2-5,7-16,19-20,31,37,40H,6,17-18,21-22H2,1H3,(H,39,41)/t31-,34-/m0/s1. The predicted molar refractivity (Wildman–Crippen MR) is 161 cm³/mol. The summed E-state index contributed by atoms with van der Waals surface area (Å²) < 4.78 is 44.8. The van der Waals surface area contributed by atoms with E-state index in [2.05, 4.69) is 10.9 Å². The summed E-state index contributed by atoms with van der Waals surface area (Å²) in [5.74, 6) is -0.913. The molecule has 0 unspecified atom stereocenters. The lowest BCUT2D eigenvalue weighted by Gasteiger charge is -2.31. The van der Waals surface area contributed by atoms with Crippen LogP contribution in [0.2, 0.25) is 0 Å². The van der Waals surface area contributed by atoms with Crippen molar-refractivity contribution in [2.24, 2.45) is 4.99 Å². The number of amides is 1. The number of hydrogen-bond acceptors (Lipinski definition) is 7. The van der Waals surface area contributed by atoms with Gasteiger partial charge in [-0.15, -0.1) is 0 Å². The Labute approximate surface area is 254 Å². The third-order valence-electron chi connectivity index (χ3n) is 7.22. The first-order chi connectivity index (χ1) is 21.4. The molecule has 4 aromatic rings. The number of ether oxygens (including phenoxy) is 3. The van der Waals surface area contributed by atoms with Gasteiger partial charge in [-0.2, -0.15) is 0 Å². The number of halogens is 2. The van der Waals surface area contributed by atoms with E-state index in [1.807, 2.05) is 48.5 Å². The minimum Gasteiger partial charge on any atom is -0.497 e. The molecule has 0 radical (unpaired) electrons. The number of hydrogen-bond donors (Lipinski definition) is 3. The van der Waals surface area contributed by atoms with Gasteiger partial charge in [0, 0.05) is 31.6 Å². The summed E-state index contributed by atoms with van der Waals surface area (Å²) in [6.45, 7) is 0.460. The predicted octanol–water partition coefficient (Wildman–Crippen LogP) is 5.06. The summed E-state index contributed by atoms with van der Waals surface area (Å²) in [5.41, 5.74) is 6.74. The molecule has 228 valence electrons. The van der Waals surface area contributed by atoms with Crippen molar-refractivity contribution in [1.29, 1.82) is 0 Å². The van der Waals surface area contributed by atoms with E-state index in [0.29, 0.717) is 41.2 Å². The van der Waals surface area contributed by atoms with Gasteiger partial charge in [0.15, 0.2) is 23.3 Å². The Morgan fingerprint density at radius 2 is 1.73 bits per heavy atom. The summed E-state index contributed by atoms with van der Waals surface area (Å²) in [4.78, 5) is 19.2. The van der Waals surface area contributed by atoms with Crippen LogP contribution in [0.25, 0.3) is 0 Å². The number of nitrogens with one attached hydrogen (secondary N) is 2. The number of aliphatic hydroxyl groups excluding tert-OH is 1. The highest BCUT2D eigenvalue weighted by molar-refractivity contribution is 6.01. The number of hydrazine groups is 1. The third-order valence-corrected chi connectivity index (χ3v) is 7.22. The Kier molecular flexibility index (Phi) is 9.83. The molecule has 3 N–H and O–H groups in total. The van der Waals surface area contributed by atoms with Gasteiger partial charge in [0.2, 0.25) is 5.90 Å². The smallest absolute Gasteiger partial charge is 0.266 e. The van der Waals surface area contributed by atoms with Gasteiger partial charge in [-0.25, -0.2) is 19.2 Å². The molecule has 44 heavy (non-hydrogen) atoms. The molecule has 1 aliphatic heterocycles. The molecule has 0 fully saturated rings. The zero-order chi connectivity index (χ0) is 30.9. The first-order valence-electron chi connectivity index (χ1n) is 14.2. The van der Waals surface area contributed by atoms with Crippen molar-refractivity contribution >= 4 is 11.8 Å². The van der Waals surface area contributed by atoms with E-state index < -0.39 is 29.2 Å². The van der Waals surface area contributed by atoms with E-state index >= 15 is 0 Å². The van der Waals surface area contributed by atoms with E-state index in [-0.39, 0.29) is 25.5 Å². The maximum absolute atomic E-state index is 14.2. The molecule has 4 aromatic carbocycles. The number of benzene rings is 4. The van der Waals surface area contributed by atoms with Crippen LogP contribution < -0.4 is 20.3 Å².